The molecule has 0 bridgehead atoms. The molecule has 0 aliphatic rings. The van der Waals surface area contributed by atoms with Crippen LogP contribution in [0.15, 0.2) is 53.3 Å². The van der Waals surface area contributed by atoms with Crippen LogP contribution >= 0.6 is 15.9 Å². The fourth-order valence-corrected chi connectivity index (χ4v) is 2.21. The molecule has 0 unspecified atom stereocenters. The first-order chi connectivity index (χ1) is 9.15. The maximum atomic E-state index is 10.8. The molecule has 94 valence electrons. The molecular weight excluding hydrogens is 308 g/mol. The molecule has 0 amide bonds. The van der Waals surface area contributed by atoms with E-state index in [1.165, 1.54) is 12.1 Å². The van der Waals surface area contributed by atoms with Crippen molar-refractivity contribution in [2.24, 2.45) is 0 Å². The van der Waals surface area contributed by atoms with Crippen LogP contribution in [0.5, 0.6) is 0 Å². The van der Waals surface area contributed by atoms with Crippen molar-refractivity contribution >= 4 is 32.9 Å². The molecule has 5 heteroatoms. The van der Waals surface area contributed by atoms with Gasteiger partial charge in [0.25, 0.3) is 0 Å². The van der Waals surface area contributed by atoms with Gasteiger partial charge in [0.05, 0.1) is 17.0 Å². The Bertz CT molecular complexity index is 763. The van der Waals surface area contributed by atoms with Crippen LogP contribution in [0.2, 0.25) is 0 Å². The maximum absolute atomic E-state index is 10.8. The van der Waals surface area contributed by atoms with Crippen molar-refractivity contribution in [2.75, 3.05) is 0 Å². The lowest BCUT2D eigenvalue weighted by molar-refractivity contribution is -0.255. The smallest absolute Gasteiger partial charge is 0.100 e. The van der Waals surface area contributed by atoms with E-state index in [0.29, 0.717) is 5.52 Å². The number of aromatic nitrogens is 2. The second-order valence-corrected chi connectivity index (χ2v) is 5.00. The minimum absolute atomic E-state index is 0.133. The summed E-state index contributed by atoms with van der Waals surface area (Å²) in [5.74, 6) is -1.19. The van der Waals surface area contributed by atoms with Crippen LogP contribution in [0.3, 0.4) is 0 Å². The van der Waals surface area contributed by atoms with E-state index in [0.717, 1.165) is 15.7 Å². The predicted octanol–water partition coefficient (Wildman–Crippen LogP) is 2.15. The third-order valence-corrected chi connectivity index (χ3v) is 3.42. The van der Waals surface area contributed by atoms with E-state index in [1.807, 2.05) is 28.8 Å². The lowest BCUT2D eigenvalue weighted by atomic mass is 10.2. The molecule has 4 nitrogen and oxygen atoms in total. The average molecular weight is 316 g/mol. The molecule has 19 heavy (non-hydrogen) atoms. The summed E-state index contributed by atoms with van der Waals surface area (Å²) in [6.07, 6.45) is 1.67. The summed E-state index contributed by atoms with van der Waals surface area (Å²) in [5, 5.41) is 10.8. The first-order valence-corrected chi connectivity index (χ1v) is 6.39. The van der Waals surface area contributed by atoms with Gasteiger partial charge in [0.2, 0.25) is 0 Å². The zero-order valence-corrected chi connectivity index (χ0v) is 11.3. The number of hydrogen-bond donors (Lipinski definition) is 0. The first-order valence-electron chi connectivity index (χ1n) is 5.59. The van der Waals surface area contributed by atoms with Gasteiger partial charge >= 0.3 is 0 Å². The standard InChI is InChI=1S/C14H9BrN2O2/c15-10-2-4-11(5-3-10)17-8-16-12-7-9(14(18)19)1-6-13(12)17/h1-8H,(H,18,19)/p-1. The van der Waals surface area contributed by atoms with Gasteiger partial charge in [-0.05, 0) is 42.0 Å². The van der Waals surface area contributed by atoms with Crippen LogP contribution in [0.1, 0.15) is 10.4 Å². The SMILES string of the molecule is O=C([O-])c1ccc2c(c1)ncn2-c1ccc(Br)cc1. The van der Waals surface area contributed by atoms with Crippen LogP contribution in [0.25, 0.3) is 16.7 Å². The third-order valence-electron chi connectivity index (χ3n) is 2.89. The van der Waals surface area contributed by atoms with E-state index >= 15 is 0 Å². The normalized spacial score (nSPS) is 10.8. The number of hydrogen-bond acceptors (Lipinski definition) is 3. The van der Waals surface area contributed by atoms with Gasteiger partial charge in [-0.15, -0.1) is 0 Å². The number of aromatic carboxylic acids is 1. The summed E-state index contributed by atoms with van der Waals surface area (Å²) in [5.41, 5.74) is 2.58. The molecule has 2 aromatic carbocycles. The molecule has 0 saturated carbocycles. The number of nitrogens with zero attached hydrogens (tertiary/aromatic N) is 2. The monoisotopic (exact) mass is 315 g/mol. The van der Waals surface area contributed by atoms with Gasteiger partial charge in [0, 0.05) is 10.2 Å². The van der Waals surface area contributed by atoms with Crippen LogP contribution in [0.4, 0.5) is 0 Å². The summed E-state index contributed by atoms with van der Waals surface area (Å²) in [4.78, 5) is 15.0. The van der Waals surface area contributed by atoms with Gasteiger partial charge in [0.1, 0.15) is 6.33 Å². The topological polar surface area (TPSA) is 57.9 Å². The molecule has 0 atom stereocenters. The molecule has 0 aliphatic carbocycles. The average Bonchev–Trinajstić information content (AvgIpc) is 2.82. The second-order valence-electron chi connectivity index (χ2n) is 4.08. The van der Waals surface area contributed by atoms with Crippen molar-refractivity contribution in [1.82, 2.24) is 9.55 Å². The highest BCUT2D eigenvalue weighted by molar-refractivity contribution is 9.10. The second kappa shape index (κ2) is 4.51. The number of halogens is 1. The van der Waals surface area contributed by atoms with E-state index in [9.17, 15) is 9.90 Å². The van der Waals surface area contributed by atoms with Crippen molar-refractivity contribution < 1.29 is 9.90 Å². The number of carboxylic acids is 1. The number of carbonyl (C=O) groups is 1. The first kappa shape index (κ1) is 11.9. The van der Waals surface area contributed by atoms with E-state index in [-0.39, 0.29) is 5.56 Å². The maximum Gasteiger partial charge on any atom is 0.100 e. The van der Waals surface area contributed by atoms with Crippen LogP contribution in [-0.4, -0.2) is 15.5 Å². The van der Waals surface area contributed by atoms with Crippen molar-refractivity contribution in [3.63, 3.8) is 0 Å². The number of carboxylic acid groups (broad SMARTS) is 1. The highest BCUT2D eigenvalue weighted by Gasteiger charge is 2.05. The Kier molecular flexibility index (Phi) is 2.83. The zero-order valence-electron chi connectivity index (χ0n) is 9.71. The van der Waals surface area contributed by atoms with Gasteiger partial charge in [-0.2, -0.15) is 0 Å². The largest absolute Gasteiger partial charge is 0.545 e. The van der Waals surface area contributed by atoms with Crippen molar-refractivity contribution in [2.45, 2.75) is 0 Å². The summed E-state index contributed by atoms with van der Waals surface area (Å²) >= 11 is 3.39. The Hall–Kier alpha value is -2.14. The zero-order chi connectivity index (χ0) is 13.4. The molecule has 0 aliphatic heterocycles. The van der Waals surface area contributed by atoms with Crippen LogP contribution in [-0.2, 0) is 0 Å². The molecule has 0 radical (unpaired) electrons. The predicted molar refractivity (Wildman–Crippen MR) is 73.1 cm³/mol. The molecule has 1 aromatic heterocycles. The molecule has 3 aromatic rings. The van der Waals surface area contributed by atoms with Crippen molar-refractivity contribution in [3.8, 4) is 5.69 Å². The Morgan fingerprint density at radius 2 is 1.89 bits per heavy atom. The minimum Gasteiger partial charge on any atom is -0.545 e. The number of fused-ring (bicyclic) bond motifs is 1. The van der Waals surface area contributed by atoms with Crippen molar-refractivity contribution in [1.29, 1.82) is 0 Å². The highest BCUT2D eigenvalue weighted by atomic mass is 79.9. The fraction of sp³-hybridized carbons (Fsp3) is 0. The molecule has 0 fully saturated rings. The van der Waals surface area contributed by atoms with Gasteiger partial charge in [-0.1, -0.05) is 22.0 Å². The molecule has 1 heterocycles. The fourth-order valence-electron chi connectivity index (χ4n) is 1.95. The van der Waals surface area contributed by atoms with Gasteiger partial charge < -0.3 is 9.90 Å². The van der Waals surface area contributed by atoms with E-state index < -0.39 is 5.97 Å². The quantitative estimate of drug-likeness (QED) is 0.728. The Labute approximate surface area is 117 Å². The number of rotatable bonds is 2. The van der Waals surface area contributed by atoms with E-state index in [2.05, 4.69) is 20.9 Å². The Balaban J connectivity index is 2.15. The highest BCUT2D eigenvalue weighted by Crippen LogP contribution is 2.20. The molecule has 0 saturated heterocycles. The number of imidazole rings is 1. The lowest BCUT2D eigenvalue weighted by Gasteiger charge is -2.05. The Morgan fingerprint density at radius 1 is 1.16 bits per heavy atom. The van der Waals surface area contributed by atoms with Crippen LogP contribution in [0, 0.1) is 0 Å². The summed E-state index contributed by atoms with van der Waals surface area (Å²) in [6.45, 7) is 0. The lowest BCUT2D eigenvalue weighted by Crippen LogP contribution is -2.21. The summed E-state index contributed by atoms with van der Waals surface area (Å²) in [7, 11) is 0. The van der Waals surface area contributed by atoms with Crippen LogP contribution < -0.4 is 5.11 Å². The number of carbonyl (C=O) groups excluding carboxylic acids is 1. The third kappa shape index (κ3) is 2.13. The Morgan fingerprint density at radius 3 is 2.58 bits per heavy atom. The van der Waals surface area contributed by atoms with Gasteiger partial charge in [-0.25, -0.2) is 4.98 Å². The van der Waals surface area contributed by atoms with Gasteiger partial charge in [0.15, 0.2) is 0 Å². The van der Waals surface area contributed by atoms with E-state index in [1.54, 1.807) is 12.4 Å². The number of benzene rings is 2. The minimum atomic E-state index is -1.19. The molecular formula is C14H8BrN2O2-. The molecule has 3 rings (SSSR count). The molecule has 0 spiro atoms. The summed E-state index contributed by atoms with van der Waals surface area (Å²) in [6, 6.07) is 12.6. The van der Waals surface area contributed by atoms with Crippen molar-refractivity contribution in [3.05, 3.63) is 58.8 Å². The van der Waals surface area contributed by atoms with E-state index in [4.69, 9.17) is 0 Å². The molecule has 0 N–H and O–H groups in total. The van der Waals surface area contributed by atoms with Gasteiger partial charge in [-0.3, -0.25) is 4.57 Å². The summed E-state index contributed by atoms with van der Waals surface area (Å²) < 4.78 is 2.90.